The van der Waals surface area contributed by atoms with Gasteiger partial charge < -0.3 is 10.5 Å². The summed E-state index contributed by atoms with van der Waals surface area (Å²) in [4.78, 5) is 2.34. The van der Waals surface area contributed by atoms with Crippen molar-refractivity contribution < 1.29 is 9.13 Å². The van der Waals surface area contributed by atoms with Gasteiger partial charge in [0.15, 0.2) is 0 Å². The van der Waals surface area contributed by atoms with E-state index in [0.717, 1.165) is 18.5 Å². The average Bonchev–Trinajstić information content (AvgIpc) is 2.41. The number of halogens is 1. The van der Waals surface area contributed by atoms with Crippen molar-refractivity contribution in [1.82, 2.24) is 4.90 Å². The Morgan fingerprint density at radius 2 is 2.32 bits per heavy atom. The van der Waals surface area contributed by atoms with E-state index in [-0.39, 0.29) is 17.9 Å². The molecule has 0 radical (unpaired) electrons. The fraction of sp³-hybridized carbons (Fsp3) is 0.600. The van der Waals surface area contributed by atoms with Crippen molar-refractivity contribution in [2.24, 2.45) is 5.73 Å². The van der Waals surface area contributed by atoms with Crippen LogP contribution >= 0.6 is 0 Å². The van der Waals surface area contributed by atoms with Crippen LogP contribution in [0.25, 0.3) is 0 Å². The first-order valence-corrected chi connectivity index (χ1v) is 6.98. The van der Waals surface area contributed by atoms with Crippen LogP contribution in [-0.2, 0) is 4.74 Å². The Hall–Kier alpha value is -0.970. The molecular formula is C15H23FN2O. The van der Waals surface area contributed by atoms with E-state index in [1.165, 1.54) is 6.07 Å². The second-order valence-electron chi connectivity index (χ2n) is 5.23. The number of nitrogens with zero attached hydrogens (tertiary/aromatic N) is 1. The molecule has 1 saturated heterocycles. The second kappa shape index (κ2) is 6.46. The molecule has 0 spiro atoms. The molecule has 1 fully saturated rings. The zero-order chi connectivity index (χ0) is 13.8. The van der Waals surface area contributed by atoms with E-state index in [0.29, 0.717) is 19.3 Å². The van der Waals surface area contributed by atoms with Gasteiger partial charge in [0.25, 0.3) is 0 Å². The lowest BCUT2D eigenvalue weighted by molar-refractivity contribution is -0.0283. The monoisotopic (exact) mass is 266 g/mol. The molecule has 2 rings (SSSR count). The van der Waals surface area contributed by atoms with Crippen molar-refractivity contribution in [2.45, 2.75) is 38.4 Å². The lowest BCUT2D eigenvalue weighted by Crippen LogP contribution is -2.50. The van der Waals surface area contributed by atoms with Gasteiger partial charge in [-0.15, -0.1) is 0 Å². The van der Waals surface area contributed by atoms with E-state index in [4.69, 9.17) is 10.5 Å². The molecular weight excluding hydrogens is 243 g/mol. The second-order valence-corrected chi connectivity index (χ2v) is 5.23. The first-order chi connectivity index (χ1) is 9.13. The number of benzene rings is 1. The predicted molar refractivity (Wildman–Crippen MR) is 74.4 cm³/mol. The Bertz CT molecular complexity index is 413. The van der Waals surface area contributed by atoms with Gasteiger partial charge in [-0.05, 0) is 31.0 Å². The summed E-state index contributed by atoms with van der Waals surface area (Å²) in [5.41, 5.74) is 7.25. The first kappa shape index (κ1) is 14.4. The standard InChI is InChI=1S/C15H23FN2O/c1-3-14(17)15(12-5-4-6-13(16)9-12)18-7-8-19-10-11(18)2/h4-6,9,11,14-15H,3,7-8,10,17H2,1-2H3. The summed E-state index contributed by atoms with van der Waals surface area (Å²) in [6, 6.07) is 7.15. The summed E-state index contributed by atoms with van der Waals surface area (Å²) in [5.74, 6) is -0.202. The van der Waals surface area contributed by atoms with Gasteiger partial charge in [0, 0.05) is 18.6 Å². The Morgan fingerprint density at radius 3 is 2.95 bits per heavy atom. The summed E-state index contributed by atoms with van der Waals surface area (Å²) < 4.78 is 19.0. The van der Waals surface area contributed by atoms with Crippen LogP contribution < -0.4 is 5.73 Å². The number of hydrogen-bond donors (Lipinski definition) is 1. The van der Waals surface area contributed by atoms with Crippen molar-refractivity contribution >= 4 is 0 Å². The Labute approximate surface area is 114 Å². The summed E-state index contributed by atoms with van der Waals surface area (Å²) in [7, 11) is 0. The number of rotatable bonds is 4. The highest BCUT2D eigenvalue weighted by molar-refractivity contribution is 5.22. The lowest BCUT2D eigenvalue weighted by atomic mass is 9.94. The zero-order valence-corrected chi connectivity index (χ0v) is 11.7. The normalized spacial score (nSPS) is 24.1. The summed E-state index contributed by atoms with van der Waals surface area (Å²) in [6.45, 7) is 6.47. The molecule has 3 unspecified atom stereocenters. The Kier molecular flexibility index (Phi) is 4.91. The van der Waals surface area contributed by atoms with Gasteiger partial charge in [0.2, 0.25) is 0 Å². The summed E-state index contributed by atoms with van der Waals surface area (Å²) >= 11 is 0. The van der Waals surface area contributed by atoms with Crippen LogP contribution in [0.1, 0.15) is 31.9 Å². The van der Waals surface area contributed by atoms with Crippen molar-refractivity contribution in [3.05, 3.63) is 35.6 Å². The minimum absolute atomic E-state index is 0.00218. The molecule has 2 N–H and O–H groups in total. The number of morpholine rings is 1. The van der Waals surface area contributed by atoms with Crippen LogP contribution in [0, 0.1) is 5.82 Å². The molecule has 1 aliphatic rings. The Balaban J connectivity index is 2.29. The van der Waals surface area contributed by atoms with Crippen LogP contribution in [0.3, 0.4) is 0 Å². The van der Waals surface area contributed by atoms with Crippen LogP contribution in [-0.4, -0.2) is 36.7 Å². The molecule has 1 aromatic carbocycles. The SMILES string of the molecule is CCC(N)C(c1cccc(F)c1)N1CCOCC1C. The molecule has 0 bridgehead atoms. The van der Waals surface area contributed by atoms with Crippen molar-refractivity contribution in [1.29, 1.82) is 0 Å². The topological polar surface area (TPSA) is 38.5 Å². The van der Waals surface area contributed by atoms with Crippen molar-refractivity contribution in [3.63, 3.8) is 0 Å². The molecule has 0 saturated carbocycles. The van der Waals surface area contributed by atoms with E-state index in [2.05, 4.69) is 18.7 Å². The average molecular weight is 266 g/mol. The highest BCUT2D eigenvalue weighted by atomic mass is 19.1. The van der Waals surface area contributed by atoms with E-state index >= 15 is 0 Å². The minimum atomic E-state index is -0.202. The lowest BCUT2D eigenvalue weighted by Gasteiger charge is -2.42. The molecule has 3 atom stereocenters. The summed E-state index contributed by atoms with van der Waals surface area (Å²) in [5, 5.41) is 0. The molecule has 0 amide bonds. The van der Waals surface area contributed by atoms with Crippen LogP contribution in [0.2, 0.25) is 0 Å². The fourth-order valence-corrected chi connectivity index (χ4v) is 2.75. The third-order valence-electron chi connectivity index (χ3n) is 3.84. The van der Waals surface area contributed by atoms with Crippen LogP contribution in [0.5, 0.6) is 0 Å². The molecule has 19 heavy (non-hydrogen) atoms. The maximum absolute atomic E-state index is 13.5. The van der Waals surface area contributed by atoms with Gasteiger partial charge >= 0.3 is 0 Å². The number of ether oxygens (including phenoxy) is 1. The predicted octanol–water partition coefficient (Wildman–Crippen LogP) is 2.32. The van der Waals surface area contributed by atoms with Crippen molar-refractivity contribution in [2.75, 3.05) is 19.8 Å². The van der Waals surface area contributed by atoms with Gasteiger partial charge in [-0.2, -0.15) is 0 Å². The van der Waals surface area contributed by atoms with E-state index in [1.54, 1.807) is 12.1 Å². The quantitative estimate of drug-likeness (QED) is 0.909. The molecule has 1 aliphatic heterocycles. The molecule has 0 aliphatic carbocycles. The smallest absolute Gasteiger partial charge is 0.123 e. The number of nitrogens with two attached hydrogens (primary N) is 1. The fourth-order valence-electron chi connectivity index (χ4n) is 2.75. The highest BCUT2D eigenvalue weighted by Gasteiger charge is 2.31. The first-order valence-electron chi connectivity index (χ1n) is 6.98. The third kappa shape index (κ3) is 3.32. The van der Waals surface area contributed by atoms with E-state index < -0.39 is 0 Å². The molecule has 1 aromatic rings. The van der Waals surface area contributed by atoms with Gasteiger partial charge in [0.05, 0.1) is 19.3 Å². The Morgan fingerprint density at radius 1 is 1.53 bits per heavy atom. The van der Waals surface area contributed by atoms with E-state index in [1.807, 2.05) is 6.07 Å². The molecule has 4 heteroatoms. The molecule has 3 nitrogen and oxygen atoms in total. The van der Waals surface area contributed by atoms with Gasteiger partial charge in [-0.3, -0.25) is 4.90 Å². The van der Waals surface area contributed by atoms with Crippen LogP contribution in [0.4, 0.5) is 4.39 Å². The van der Waals surface area contributed by atoms with E-state index in [9.17, 15) is 4.39 Å². The highest BCUT2D eigenvalue weighted by Crippen LogP contribution is 2.28. The maximum atomic E-state index is 13.5. The van der Waals surface area contributed by atoms with Gasteiger partial charge in [0.1, 0.15) is 5.82 Å². The minimum Gasteiger partial charge on any atom is -0.379 e. The number of hydrogen-bond acceptors (Lipinski definition) is 3. The molecule has 106 valence electrons. The molecule has 1 heterocycles. The maximum Gasteiger partial charge on any atom is 0.123 e. The van der Waals surface area contributed by atoms with Crippen molar-refractivity contribution in [3.8, 4) is 0 Å². The zero-order valence-electron chi connectivity index (χ0n) is 11.7. The van der Waals surface area contributed by atoms with Gasteiger partial charge in [-0.1, -0.05) is 19.1 Å². The summed E-state index contributed by atoms with van der Waals surface area (Å²) in [6.07, 6.45) is 0.866. The van der Waals surface area contributed by atoms with Gasteiger partial charge in [-0.25, -0.2) is 4.39 Å². The third-order valence-corrected chi connectivity index (χ3v) is 3.84. The molecule has 0 aromatic heterocycles. The largest absolute Gasteiger partial charge is 0.379 e. The van der Waals surface area contributed by atoms with Crippen LogP contribution in [0.15, 0.2) is 24.3 Å².